The maximum Gasteiger partial charge on any atom is 0.226 e. The van der Waals surface area contributed by atoms with Crippen molar-refractivity contribution in [2.24, 2.45) is 0 Å². The predicted octanol–water partition coefficient (Wildman–Crippen LogP) is -0.825. The number of nitrogens with one attached hydrogen (secondary N) is 1. The highest BCUT2D eigenvalue weighted by atomic mass is 16.5. The van der Waals surface area contributed by atoms with Crippen LogP contribution in [0.4, 0.5) is 11.9 Å². The molecule has 10 heteroatoms. The molecule has 146 valence electrons. The normalized spacial score (nSPS) is 18.3. The zero-order valence-corrected chi connectivity index (χ0v) is 15.3. The molecule has 0 radical (unpaired) electrons. The Morgan fingerprint density at radius 3 is 2.26 bits per heavy atom. The number of aromatic nitrogens is 4. The molecule has 2 N–H and O–H groups in total. The topological polar surface area (TPSA) is 109 Å². The average Bonchev–Trinajstić information content (AvgIpc) is 2.74. The fraction of sp³-hybridized carbons (Fsp3) is 0.647. The maximum atomic E-state index is 9.07. The standard InChI is InChI=1S/C17H25N7O3/c25-6-1-18-11-13-15-14(21-17(20-13)24-4-9-27-10-5-24)12-19-16(22-15)23-2-7-26-8-3-23/h12,18,25H,1-11H2. The third-order valence-electron chi connectivity index (χ3n) is 4.65. The van der Waals surface area contributed by atoms with Crippen LogP contribution in [0.5, 0.6) is 0 Å². The van der Waals surface area contributed by atoms with E-state index in [1.165, 1.54) is 0 Å². The molecule has 0 unspecified atom stereocenters. The van der Waals surface area contributed by atoms with Gasteiger partial charge in [0.05, 0.1) is 44.9 Å². The first kappa shape index (κ1) is 18.2. The summed E-state index contributed by atoms with van der Waals surface area (Å²) in [5.74, 6) is 1.35. The number of rotatable bonds is 6. The highest BCUT2D eigenvalue weighted by Gasteiger charge is 2.19. The SMILES string of the molecule is OCCNCc1nc(N2CCOCC2)nc2cnc(N3CCOCC3)nc12. The molecule has 2 saturated heterocycles. The van der Waals surface area contributed by atoms with Crippen molar-refractivity contribution in [1.82, 2.24) is 25.3 Å². The summed E-state index contributed by atoms with van der Waals surface area (Å²) in [5.41, 5.74) is 2.28. The lowest BCUT2D eigenvalue weighted by Crippen LogP contribution is -2.38. The maximum absolute atomic E-state index is 9.07. The summed E-state index contributed by atoms with van der Waals surface area (Å²) in [6.45, 7) is 6.87. The number of hydrogen-bond donors (Lipinski definition) is 2. The van der Waals surface area contributed by atoms with Crippen LogP contribution in [0, 0.1) is 0 Å². The molecular weight excluding hydrogens is 350 g/mol. The molecule has 0 amide bonds. The number of aliphatic hydroxyl groups is 1. The van der Waals surface area contributed by atoms with Crippen molar-refractivity contribution in [2.45, 2.75) is 6.54 Å². The number of anilines is 2. The van der Waals surface area contributed by atoms with E-state index in [1.807, 2.05) is 0 Å². The summed E-state index contributed by atoms with van der Waals surface area (Å²) in [4.78, 5) is 23.0. The van der Waals surface area contributed by atoms with Gasteiger partial charge in [0.25, 0.3) is 0 Å². The van der Waals surface area contributed by atoms with Crippen molar-refractivity contribution < 1.29 is 14.6 Å². The van der Waals surface area contributed by atoms with Gasteiger partial charge in [-0.25, -0.2) is 19.9 Å². The van der Waals surface area contributed by atoms with E-state index in [2.05, 4.69) is 25.1 Å². The Bertz CT molecular complexity index is 764. The number of aliphatic hydroxyl groups excluding tert-OH is 1. The molecule has 2 aromatic heterocycles. The minimum Gasteiger partial charge on any atom is -0.395 e. The van der Waals surface area contributed by atoms with E-state index >= 15 is 0 Å². The minimum absolute atomic E-state index is 0.0767. The molecule has 0 spiro atoms. The Balaban J connectivity index is 1.68. The van der Waals surface area contributed by atoms with E-state index in [0.29, 0.717) is 51.4 Å². The van der Waals surface area contributed by atoms with Crippen molar-refractivity contribution in [3.63, 3.8) is 0 Å². The van der Waals surface area contributed by atoms with Gasteiger partial charge in [0, 0.05) is 39.3 Å². The number of morpholine rings is 2. The van der Waals surface area contributed by atoms with Crippen LogP contribution in [0.2, 0.25) is 0 Å². The summed E-state index contributed by atoms with van der Waals surface area (Å²) in [5, 5.41) is 12.3. The van der Waals surface area contributed by atoms with Gasteiger partial charge in [-0.1, -0.05) is 0 Å². The van der Waals surface area contributed by atoms with Crippen molar-refractivity contribution in [2.75, 3.05) is 75.6 Å². The number of nitrogens with zero attached hydrogens (tertiary/aromatic N) is 6. The van der Waals surface area contributed by atoms with E-state index < -0.39 is 0 Å². The molecule has 2 aliphatic heterocycles. The fourth-order valence-electron chi connectivity index (χ4n) is 3.20. The molecule has 0 bridgehead atoms. The first-order chi connectivity index (χ1) is 13.3. The molecule has 0 atom stereocenters. The van der Waals surface area contributed by atoms with Gasteiger partial charge >= 0.3 is 0 Å². The van der Waals surface area contributed by atoms with E-state index in [0.717, 1.165) is 42.9 Å². The summed E-state index contributed by atoms with van der Waals surface area (Å²) in [6, 6.07) is 0. The van der Waals surface area contributed by atoms with Crippen molar-refractivity contribution in [3.8, 4) is 0 Å². The molecule has 0 saturated carbocycles. The smallest absolute Gasteiger partial charge is 0.226 e. The first-order valence-corrected chi connectivity index (χ1v) is 9.36. The zero-order valence-electron chi connectivity index (χ0n) is 15.3. The molecule has 0 aromatic carbocycles. The third-order valence-corrected chi connectivity index (χ3v) is 4.65. The van der Waals surface area contributed by atoms with Gasteiger partial charge in [-0.2, -0.15) is 0 Å². The van der Waals surface area contributed by atoms with Gasteiger partial charge in [0.1, 0.15) is 11.0 Å². The highest BCUT2D eigenvalue weighted by Crippen LogP contribution is 2.21. The lowest BCUT2D eigenvalue weighted by Gasteiger charge is -2.28. The molecule has 4 rings (SSSR count). The number of hydrogen-bond acceptors (Lipinski definition) is 10. The Kier molecular flexibility index (Phi) is 5.87. The van der Waals surface area contributed by atoms with Gasteiger partial charge < -0.3 is 29.7 Å². The Labute approximate surface area is 157 Å². The van der Waals surface area contributed by atoms with Crippen LogP contribution in [0.15, 0.2) is 6.20 Å². The molecule has 2 aromatic rings. The average molecular weight is 375 g/mol. The monoisotopic (exact) mass is 375 g/mol. The van der Waals surface area contributed by atoms with Gasteiger partial charge in [0.15, 0.2) is 0 Å². The third kappa shape index (κ3) is 4.24. The van der Waals surface area contributed by atoms with Gasteiger partial charge in [-0.15, -0.1) is 0 Å². The second-order valence-corrected chi connectivity index (χ2v) is 6.47. The van der Waals surface area contributed by atoms with Crippen LogP contribution in [-0.2, 0) is 16.0 Å². The van der Waals surface area contributed by atoms with Gasteiger partial charge in [-0.05, 0) is 0 Å². The lowest BCUT2D eigenvalue weighted by molar-refractivity contribution is 0.122. The second-order valence-electron chi connectivity index (χ2n) is 6.47. The number of fused-ring (bicyclic) bond motifs is 1. The van der Waals surface area contributed by atoms with Gasteiger partial charge in [-0.3, -0.25) is 0 Å². The first-order valence-electron chi connectivity index (χ1n) is 9.36. The van der Waals surface area contributed by atoms with Crippen LogP contribution < -0.4 is 15.1 Å². The zero-order chi connectivity index (χ0) is 18.5. The predicted molar refractivity (Wildman–Crippen MR) is 100.0 cm³/mol. The van der Waals surface area contributed by atoms with Crippen LogP contribution in [0.25, 0.3) is 11.0 Å². The van der Waals surface area contributed by atoms with Crippen molar-refractivity contribution >= 4 is 22.9 Å². The Morgan fingerprint density at radius 1 is 0.926 bits per heavy atom. The second kappa shape index (κ2) is 8.70. The van der Waals surface area contributed by atoms with E-state index in [4.69, 9.17) is 24.5 Å². The molecule has 10 nitrogen and oxygen atoms in total. The minimum atomic E-state index is 0.0767. The summed E-state index contributed by atoms with van der Waals surface area (Å²) >= 11 is 0. The quantitative estimate of drug-likeness (QED) is 0.621. The van der Waals surface area contributed by atoms with Crippen LogP contribution >= 0.6 is 0 Å². The van der Waals surface area contributed by atoms with E-state index in [1.54, 1.807) is 6.20 Å². The molecule has 27 heavy (non-hydrogen) atoms. The van der Waals surface area contributed by atoms with Crippen LogP contribution in [0.3, 0.4) is 0 Å². The molecule has 4 heterocycles. The molecular formula is C17H25N7O3. The summed E-state index contributed by atoms with van der Waals surface area (Å²) in [7, 11) is 0. The largest absolute Gasteiger partial charge is 0.395 e. The van der Waals surface area contributed by atoms with E-state index in [-0.39, 0.29) is 6.61 Å². The van der Waals surface area contributed by atoms with Crippen LogP contribution in [-0.4, -0.2) is 90.8 Å². The fourth-order valence-corrected chi connectivity index (χ4v) is 3.20. The highest BCUT2D eigenvalue weighted by molar-refractivity contribution is 5.78. The Morgan fingerprint density at radius 2 is 1.59 bits per heavy atom. The lowest BCUT2D eigenvalue weighted by atomic mass is 10.3. The van der Waals surface area contributed by atoms with Crippen LogP contribution in [0.1, 0.15) is 5.69 Å². The van der Waals surface area contributed by atoms with Crippen molar-refractivity contribution in [1.29, 1.82) is 0 Å². The van der Waals surface area contributed by atoms with Crippen molar-refractivity contribution in [3.05, 3.63) is 11.9 Å². The molecule has 2 fully saturated rings. The summed E-state index contributed by atoms with van der Waals surface area (Å²) in [6.07, 6.45) is 1.77. The Hall–Kier alpha value is -2.14. The van der Waals surface area contributed by atoms with Gasteiger partial charge in [0.2, 0.25) is 11.9 Å². The number of ether oxygens (including phenoxy) is 2. The van der Waals surface area contributed by atoms with E-state index in [9.17, 15) is 0 Å². The summed E-state index contributed by atoms with van der Waals surface area (Å²) < 4.78 is 10.8. The molecule has 2 aliphatic rings. The molecule has 0 aliphatic carbocycles.